The van der Waals surface area contributed by atoms with Crippen LogP contribution in [0, 0.1) is 0 Å². The van der Waals surface area contributed by atoms with Crippen molar-refractivity contribution in [1.82, 2.24) is 0 Å². The van der Waals surface area contributed by atoms with Gasteiger partial charge in [0, 0.05) is 6.61 Å². The first-order valence-electron chi connectivity index (χ1n) is 1.87. The Kier molecular flexibility index (Phi) is 7.22. The van der Waals surface area contributed by atoms with E-state index < -0.39 is 9.05 Å². The minimum atomic E-state index is -4.16. The summed E-state index contributed by atoms with van der Waals surface area (Å²) in [5.74, 6) is 0. The zero-order valence-electron chi connectivity index (χ0n) is 5.96. The zero-order valence-corrected chi connectivity index (χ0v) is 7.96. The van der Waals surface area contributed by atoms with Gasteiger partial charge in [0.15, 0.2) is 0 Å². The molecule has 0 spiro atoms. The van der Waals surface area contributed by atoms with E-state index in [2.05, 4.69) is 4.43 Å². The zero-order chi connectivity index (χ0) is 5.91. The van der Waals surface area contributed by atoms with E-state index in [1.54, 1.807) is 6.92 Å². The van der Waals surface area contributed by atoms with Crippen LogP contribution in [0.3, 0.4) is 0 Å². The Morgan fingerprint density at radius 2 is 1.88 bits per heavy atom. The van der Waals surface area contributed by atoms with Gasteiger partial charge in [0.2, 0.25) is 0 Å². The number of hydrogen-bond acceptors (Lipinski definition) is 4. The first-order valence-corrected chi connectivity index (χ1v) is 3.62. The van der Waals surface area contributed by atoms with Crippen LogP contribution in [0.5, 0.6) is 0 Å². The van der Waals surface area contributed by atoms with Crippen molar-refractivity contribution < 1.29 is 49.8 Å². The minimum absolute atomic E-state index is 0. The summed E-state index contributed by atoms with van der Waals surface area (Å²) in [6.07, 6.45) is 0. The van der Waals surface area contributed by atoms with Crippen molar-refractivity contribution in [2.45, 2.75) is 6.92 Å². The molecule has 8 heavy (non-hydrogen) atoms. The molecule has 0 aromatic rings. The molecule has 6 heteroatoms. The fraction of sp³-hybridized carbons (Fsp3) is 1.00. The van der Waals surface area contributed by atoms with Crippen molar-refractivity contribution in [2.24, 2.45) is 0 Å². The summed E-state index contributed by atoms with van der Waals surface area (Å²) in [7, 11) is -4.16. The summed E-state index contributed by atoms with van der Waals surface area (Å²) in [6.45, 7) is 1.68. The third-order valence-corrected chi connectivity index (χ3v) is 1.01. The molecule has 0 aromatic carbocycles. The molecule has 0 heterocycles. The molecule has 0 atom stereocenters. The predicted octanol–water partition coefficient (Wildman–Crippen LogP) is -4.45. The van der Waals surface area contributed by atoms with Gasteiger partial charge in [-0.2, -0.15) is 0 Å². The molecule has 0 fully saturated rings. The Labute approximate surface area is 72.4 Å². The number of rotatable bonds is 2. The van der Waals surface area contributed by atoms with Gasteiger partial charge in [-0.25, -0.2) is 0 Å². The van der Waals surface area contributed by atoms with Crippen LogP contribution in [0.25, 0.3) is 0 Å². The molecule has 0 saturated heterocycles. The molecule has 0 radical (unpaired) electrons. The Morgan fingerprint density at radius 3 is 1.88 bits per heavy atom. The van der Waals surface area contributed by atoms with E-state index in [-0.39, 0.29) is 37.6 Å². The average Bonchev–Trinajstić information content (AvgIpc) is 1.30. The van der Waals surface area contributed by atoms with Gasteiger partial charge in [-0.3, -0.25) is 0 Å². The SMILES string of the molecule is CCO[Si](O)(O)O.[H-].[Na+]. The molecular formula is C2H9NaO4Si. The minimum Gasteiger partial charge on any atom is -1.00 e. The van der Waals surface area contributed by atoms with Crippen LogP contribution in [0.2, 0.25) is 0 Å². The van der Waals surface area contributed by atoms with Crippen molar-refractivity contribution in [1.29, 1.82) is 0 Å². The molecule has 3 N–H and O–H groups in total. The molecule has 0 aromatic heterocycles. The topological polar surface area (TPSA) is 69.9 Å². The molecule has 0 aliphatic heterocycles. The van der Waals surface area contributed by atoms with Gasteiger partial charge < -0.3 is 20.2 Å². The van der Waals surface area contributed by atoms with E-state index in [0.717, 1.165) is 0 Å². The molecule has 0 aliphatic rings. The second-order valence-corrected chi connectivity index (χ2v) is 2.44. The van der Waals surface area contributed by atoms with Crippen LogP contribution in [0.1, 0.15) is 8.35 Å². The summed E-state index contributed by atoms with van der Waals surface area (Å²) in [6, 6.07) is 0. The maximum absolute atomic E-state index is 8.05. The van der Waals surface area contributed by atoms with Crippen molar-refractivity contribution >= 4 is 9.05 Å². The van der Waals surface area contributed by atoms with Crippen LogP contribution in [0.15, 0.2) is 0 Å². The van der Waals surface area contributed by atoms with Crippen LogP contribution >= 0.6 is 0 Å². The molecule has 0 aliphatic carbocycles. The summed E-state index contributed by atoms with van der Waals surface area (Å²) in [5.41, 5.74) is 0. The summed E-state index contributed by atoms with van der Waals surface area (Å²) in [4.78, 5) is 24.1. The molecule has 4 nitrogen and oxygen atoms in total. The van der Waals surface area contributed by atoms with Crippen molar-refractivity contribution in [3.63, 3.8) is 0 Å². The maximum Gasteiger partial charge on any atom is 1.00 e. The molecule has 0 saturated carbocycles. The smallest absolute Gasteiger partial charge is 1.00 e. The Balaban J connectivity index is -0.000000180. The molecule has 0 rings (SSSR count). The summed E-state index contributed by atoms with van der Waals surface area (Å²) in [5, 5.41) is 0. The van der Waals surface area contributed by atoms with Crippen molar-refractivity contribution in [3.05, 3.63) is 0 Å². The van der Waals surface area contributed by atoms with Gasteiger partial charge in [-0.15, -0.1) is 0 Å². The van der Waals surface area contributed by atoms with Gasteiger partial charge in [0.1, 0.15) is 0 Å². The van der Waals surface area contributed by atoms with Crippen molar-refractivity contribution in [3.8, 4) is 0 Å². The van der Waals surface area contributed by atoms with Crippen molar-refractivity contribution in [2.75, 3.05) is 6.61 Å². The third kappa shape index (κ3) is 10.1. The van der Waals surface area contributed by atoms with Crippen LogP contribution < -0.4 is 29.6 Å². The normalized spacial score (nSPS) is 10.5. The summed E-state index contributed by atoms with van der Waals surface area (Å²) >= 11 is 0. The average molecular weight is 148 g/mol. The van der Waals surface area contributed by atoms with E-state index in [9.17, 15) is 0 Å². The van der Waals surface area contributed by atoms with E-state index in [1.807, 2.05) is 0 Å². The standard InChI is InChI=1S/C2H8O4Si.Na.H/c1-2-6-7(3,4)5;;/h3-5H,2H2,1H3;;/q;+1;-1. The van der Waals surface area contributed by atoms with E-state index in [4.69, 9.17) is 14.4 Å². The van der Waals surface area contributed by atoms with E-state index in [0.29, 0.717) is 0 Å². The molecule has 0 unspecified atom stereocenters. The predicted molar refractivity (Wildman–Crippen MR) is 25.1 cm³/mol. The molecule has 0 bridgehead atoms. The van der Waals surface area contributed by atoms with Crippen LogP contribution in [0.4, 0.5) is 0 Å². The monoisotopic (exact) mass is 148 g/mol. The first kappa shape index (κ1) is 11.8. The fourth-order valence-electron chi connectivity index (χ4n) is 0.194. The third-order valence-electron chi connectivity index (χ3n) is 0.338. The van der Waals surface area contributed by atoms with Crippen LogP contribution in [-0.2, 0) is 4.43 Å². The van der Waals surface area contributed by atoms with Gasteiger partial charge in [0.05, 0.1) is 0 Å². The second-order valence-electron chi connectivity index (χ2n) is 1.01. The van der Waals surface area contributed by atoms with Gasteiger partial charge in [0.25, 0.3) is 0 Å². The van der Waals surface area contributed by atoms with Gasteiger partial charge >= 0.3 is 38.6 Å². The van der Waals surface area contributed by atoms with Gasteiger partial charge in [-0.05, 0) is 6.92 Å². The fourth-order valence-corrected chi connectivity index (χ4v) is 0.581. The molecule has 0 amide bonds. The van der Waals surface area contributed by atoms with E-state index >= 15 is 0 Å². The number of hydrogen-bond donors (Lipinski definition) is 3. The van der Waals surface area contributed by atoms with Crippen LogP contribution in [-0.4, -0.2) is 30.0 Å². The quantitative estimate of drug-likeness (QED) is 0.345. The van der Waals surface area contributed by atoms with Gasteiger partial charge in [-0.1, -0.05) is 0 Å². The largest absolute Gasteiger partial charge is 1.00 e. The first-order chi connectivity index (χ1) is 3.06. The Bertz CT molecular complexity index is 57.0. The Morgan fingerprint density at radius 1 is 1.50 bits per heavy atom. The maximum atomic E-state index is 8.05. The second kappa shape index (κ2) is 4.89. The Hall–Kier alpha value is 1.06. The van der Waals surface area contributed by atoms with E-state index in [1.165, 1.54) is 0 Å². The summed E-state index contributed by atoms with van der Waals surface area (Å²) < 4.78 is 4.03. The molecule has 46 valence electrons. The molecular weight excluding hydrogens is 139 g/mol.